The van der Waals surface area contributed by atoms with Crippen molar-refractivity contribution >= 4 is 0 Å². The highest BCUT2D eigenvalue weighted by molar-refractivity contribution is 4.86. The van der Waals surface area contributed by atoms with Crippen molar-refractivity contribution in [2.45, 2.75) is 20.0 Å². The van der Waals surface area contributed by atoms with Crippen molar-refractivity contribution in [3.8, 4) is 0 Å². The summed E-state index contributed by atoms with van der Waals surface area (Å²) < 4.78 is 18.0. The maximum Gasteiger partial charge on any atom is 0.331 e. The molecule has 1 heterocycles. The van der Waals surface area contributed by atoms with E-state index in [0.29, 0.717) is 39.6 Å². The molecule has 0 radical (unpaired) electrons. The summed E-state index contributed by atoms with van der Waals surface area (Å²) in [5.74, 6) is 0. The molecule has 0 aliphatic heterocycles. The molecule has 114 valence electrons. The summed E-state index contributed by atoms with van der Waals surface area (Å²) in [6.45, 7) is 4.90. The molecule has 0 saturated heterocycles. The normalized spacial score (nSPS) is 10.9. The van der Waals surface area contributed by atoms with E-state index in [0.717, 1.165) is 0 Å². The number of hydrogen-bond donors (Lipinski definition) is 0. The molecular weight excluding hydrogens is 264 g/mol. The molecule has 20 heavy (non-hydrogen) atoms. The fourth-order valence-corrected chi connectivity index (χ4v) is 1.62. The average molecular weight is 286 g/mol. The Bertz CT molecular complexity index is 494. The number of methoxy groups -OCH3 is 1. The van der Waals surface area contributed by atoms with Gasteiger partial charge in [-0.15, -0.1) is 0 Å². The summed E-state index contributed by atoms with van der Waals surface area (Å²) in [6, 6.07) is 1.39. The molecule has 1 rings (SSSR count). The van der Waals surface area contributed by atoms with Crippen LogP contribution in [-0.4, -0.2) is 49.3 Å². The zero-order chi connectivity index (χ0) is 14.8. The van der Waals surface area contributed by atoms with E-state index in [9.17, 15) is 9.59 Å². The zero-order valence-corrected chi connectivity index (χ0v) is 12.0. The van der Waals surface area contributed by atoms with Crippen LogP contribution in [0, 0.1) is 0 Å². The third kappa shape index (κ3) is 5.28. The van der Waals surface area contributed by atoms with Crippen LogP contribution < -0.4 is 11.2 Å². The Hall–Kier alpha value is -1.44. The molecule has 1 aromatic rings. The highest BCUT2D eigenvalue weighted by Gasteiger charge is 2.03. The highest BCUT2D eigenvalue weighted by atomic mass is 16.5. The average Bonchev–Trinajstić information content (AvgIpc) is 2.45. The first-order valence-electron chi connectivity index (χ1n) is 6.65. The smallest absolute Gasteiger partial charge is 0.331 e. The van der Waals surface area contributed by atoms with Crippen molar-refractivity contribution in [3.05, 3.63) is 33.1 Å². The second-order valence-electron chi connectivity index (χ2n) is 4.09. The van der Waals surface area contributed by atoms with E-state index in [1.165, 1.54) is 21.4 Å². The van der Waals surface area contributed by atoms with Crippen LogP contribution in [-0.2, 0) is 27.3 Å². The lowest BCUT2D eigenvalue weighted by Crippen LogP contribution is -2.39. The number of aryl methyl sites for hydroxylation is 1. The molecule has 1 aromatic heterocycles. The van der Waals surface area contributed by atoms with Gasteiger partial charge in [0.15, 0.2) is 0 Å². The van der Waals surface area contributed by atoms with E-state index in [2.05, 4.69) is 0 Å². The maximum absolute atomic E-state index is 11.9. The largest absolute Gasteiger partial charge is 0.382 e. The molecule has 0 aliphatic carbocycles. The summed E-state index contributed by atoms with van der Waals surface area (Å²) in [7, 11) is 1.61. The van der Waals surface area contributed by atoms with Gasteiger partial charge in [0, 0.05) is 25.9 Å². The van der Waals surface area contributed by atoms with E-state index in [1.54, 1.807) is 7.11 Å². The standard InChI is InChI=1S/C13H22N2O5/c1-3-14-5-4-12(16)15(13(14)17)6-7-19-10-11-20-9-8-18-2/h4-5H,3,6-11H2,1-2H3. The van der Waals surface area contributed by atoms with Crippen molar-refractivity contribution in [1.82, 2.24) is 9.13 Å². The molecular formula is C13H22N2O5. The van der Waals surface area contributed by atoms with Crippen LogP contribution in [0.1, 0.15) is 6.92 Å². The number of nitrogens with zero attached hydrogens (tertiary/aromatic N) is 2. The minimum absolute atomic E-state index is 0.247. The molecule has 7 nitrogen and oxygen atoms in total. The van der Waals surface area contributed by atoms with Crippen LogP contribution in [0.25, 0.3) is 0 Å². The molecule has 0 aliphatic rings. The van der Waals surface area contributed by atoms with Crippen LogP contribution in [0.4, 0.5) is 0 Å². The van der Waals surface area contributed by atoms with Gasteiger partial charge in [-0.2, -0.15) is 0 Å². The SMILES string of the molecule is CCn1ccc(=O)n(CCOCCOCCOC)c1=O. The van der Waals surface area contributed by atoms with Gasteiger partial charge >= 0.3 is 5.69 Å². The Labute approximate surface area is 117 Å². The predicted octanol–water partition coefficient (Wildman–Crippen LogP) is -0.290. The van der Waals surface area contributed by atoms with Gasteiger partial charge in [-0.05, 0) is 6.92 Å². The minimum Gasteiger partial charge on any atom is -0.382 e. The molecule has 0 fully saturated rings. The summed E-state index contributed by atoms with van der Waals surface area (Å²) in [5.41, 5.74) is -0.611. The lowest BCUT2D eigenvalue weighted by atomic mass is 10.5. The Morgan fingerprint density at radius 1 is 1.05 bits per heavy atom. The van der Waals surface area contributed by atoms with Crippen LogP contribution >= 0.6 is 0 Å². The van der Waals surface area contributed by atoms with Gasteiger partial charge in [-0.1, -0.05) is 0 Å². The van der Waals surface area contributed by atoms with Crippen molar-refractivity contribution in [3.63, 3.8) is 0 Å². The van der Waals surface area contributed by atoms with Gasteiger partial charge in [0.1, 0.15) is 0 Å². The first-order valence-corrected chi connectivity index (χ1v) is 6.65. The van der Waals surface area contributed by atoms with Gasteiger partial charge in [-0.25, -0.2) is 4.79 Å². The topological polar surface area (TPSA) is 71.7 Å². The van der Waals surface area contributed by atoms with Crippen LogP contribution in [0.2, 0.25) is 0 Å². The first-order chi connectivity index (χ1) is 9.70. The van der Waals surface area contributed by atoms with Gasteiger partial charge < -0.3 is 18.8 Å². The Kier molecular flexibility index (Phi) is 7.86. The molecule has 0 N–H and O–H groups in total. The fraction of sp³-hybridized carbons (Fsp3) is 0.692. The van der Waals surface area contributed by atoms with Crippen molar-refractivity contribution in [1.29, 1.82) is 0 Å². The number of hydrogen-bond acceptors (Lipinski definition) is 5. The second-order valence-corrected chi connectivity index (χ2v) is 4.09. The van der Waals surface area contributed by atoms with Gasteiger partial charge in [-0.3, -0.25) is 9.36 Å². The lowest BCUT2D eigenvalue weighted by Gasteiger charge is -2.09. The Morgan fingerprint density at radius 2 is 1.70 bits per heavy atom. The molecule has 0 unspecified atom stereocenters. The van der Waals surface area contributed by atoms with E-state index >= 15 is 0 Å². The molecule has 0 amide bonds. The Morgan fingerprint density at radius 3 is 2.35 bits per heavy atom. The van der Waals surface area contributed by atoms with Gasteiger partial charge in [0.05, 0.1) is 39.6 Å². The second kappa shape index (κ2) is 9.46. The van der Waals surface area contributed by atoms with Gasteiger partial charge in [0.25, 0.3) is 5.56 Å². The third-order valence-corrected chi connectivity index (χ3v) is 2.74. The van der Waals surface area contributed by atoms with Crippen LogP contribution in [0.5, 0.6) is 0 Å². The molecule has 0 saturated carbocycles. The summed E-state index contributed by atoms with van der Waals surface area (Å²) >= 11 is 0. The van der Waals surface area contributed by atoms with Crippen molar-refractivity contribution in [2.75, 3.05) is 40.1 Å². The molecule has 0 aromatic carbocycles. The summed E-state index contributed by atoms with van der Waals surface area (Å²) in [6.07, 6.45) is 1.51. The van der Waals surface area contributed by atoms with Gasteiger partial charge in [0.2, 0.25) is 0 Å². The predicted molar refractivity (Wildman–Crippen MR) is 74.2 cm³/mol. The first kappa shape index (κ1) is 16.6. The quantitative estimate of drug-likeness (QED) is 0.553. The summed E-state index contributed by atoms with van der Waals surface area (Å²) in [5, 5.41) is 0. The number of aromatic nitrogens is 2. The monoisotopic (exact) mass is 286 g/mol. The number of rotatable bonds is 10. The van der Waals surface area contributed by atoms with Crippen LogP contribution in [0.15, 0.2) is 21.9 Å². The van der Waals surface area contributed by atoms with E-state index in [-0.39, 0.29) is 17.8 Å². The third-order valence-electron chi connectivity index (χ3n) is 2.74. The summed E-state index contributed by atoms with van der Waals surface area (Å²) in [4.78, 5) is 23.5. The highest BCUT2D eigenvalue weighted by Crippen LogP contribution is 1.83. The van der Waals surface area contributed by atoms with E-state index < -0.39 is 0 Å². The van der Waals surface area contributed by atoms with E-state index in [4.69, 9.17) is 14.2 Å². The van der Waals surface area contributed by atoms with E-state index in [1.807, 2.05) is 6.92 Å². The van der Waals surface area contributed by atoms with Crippen molar-refractivity contribution < 1.29 is 14.2 Å². The molecule has 0 spiro atoms. The molecule has 0 bridgehead atoms. The fourth-order valence-electron chi connectivity index (χ4n) is 1.62. The van der Waals surface area contributed by atoms with Crippen LogP contribution in [0.3, 0.4) is 0 Å². The lowest BCUT2D eigenvalue weighted by molar-refractivity contribution is 0.0226. The molecule has 7 heteroatoms. The van der Waals surface area contributed by atoms with Crippen molar-refractivity contribution in [2.24, 2.45) is 0 Å². The Balaban J connectivity index is 2.32. The zero-order valence-electron chi connectivity index (χ0n) is 12.0. The number of ether oxygens (including phenoxy) is 3. The minimum atomic E-state index is -0.306. The molecule has 0 atom stereocenters. The maximum atomic E-state index is 11.9.